The number of rotatable bonds is 7. The van der Waals surface area contributed by atoms with E-state index in [1.807, 2.05) is 31.4 Å². The molecule has 1 aromatic heterocycles. The van der Waals surface area contributed by atoms with Crippen LogP contribution >= 0.6 is 11.3 Å². The third kappa shape index (κ3) is 4.90. The molecule has 7 heteroatoms. The Kier molecular flexibility index (Phi) is 6.15. The predicted octanol–water partition coefficient (Wildman–Crippen LogP) is 2.69. The molecule has 0 atom stereocenters. The van der Waals surface area contributed by atoms with Gasteiger partial charge in [0.05, 0.1) is 11.4 Å². The average molecular weight is 367 g/mol. The molecule has 2 rings (SSSR count). The molecular weight excluding hydrogens is 344 g/mol. The van der Waals surface area contributed by atoms with Gasteiger partial charge in [0.1, 0.15) is 0 Å². The van der Waals surface area contributed by atoms with Crippen LogP contribution in [-0.4, -0.2) is 32.8 Å². The van der Waals surface area contributed by atoms with Crippen LogP contribution in [0.25, 0.3) is 0 Å². The molecule has 2 aromatic rings. The van der Waals surface area contributed by atoms with Crippen molar-refractivity contribution in [2.75, 3.05) is 13.6 Å². The van der Waals surface area contributed by atoms with Crippen molar-refractivity contribution in [2.24, 2.45) is 0 Å². The lowest BCUT2D eigenvalue weighted by molar-refractivity contribution is -0.130. The quantitative estimate of drug-likeness (QED) is 0.819. The van der Waals surface area contributed by atoms with Crippen molar-refractivity contribution >= 4 is 27.3 Å². The van der Waals surface area contributed by atoms with Crippen molar-refractivity contribution in [3.63, 3.8) is 0 Å². The van der Waals surface area contributed by atoms with Gasteiger partial charge in [0.2, 0.25) is 15.9 Å². The first-order valence-electron chi connectivity index (χ1n) is 7.63. The van der Waals surface area contributed by atoms with Crippen LogP contribution in [0.3, 0.4) is 0 Å². The van der Waals surface area contributed by atoms with Crippen LogP contribution in [0, 0.1) is 13.8 Å². The van der Waals surface area contributed by atoms with Crippen LogP contribution in [0.15, 0.2) is 40.6 Å². The molecule has 0 fully saturated rings. The molecule has 24 heavy (non-hydrogen) atoms. The maximum Gasteiger partial charge on any atom is 0.240 e. The fraction of sp³-hybridized carbons (Fsp3) is 0.353. The lowest BCUT2D eigenvalue weighted by atomic mass is 10.1. The summed E-state index contributed by atoms with van der Waals surface area (Å²) in [4.78, 5) is 15.0. The monoisotopic (exact) mass is 366 g/mol. The van der Waals surface area contributed by atoms with E-state index in [4.69, 9.17) is 0 Å². The molecular formula is C17H22N2O3S2. The summed E-state index contributed by atoms with van der Waals surface area (Å²) < 4.78 is 27.0. The van der Waals surface area contributed by atoms with Gasteiger partial charge >= 0.3 is 0 Å². The van der Waals surface area contributed by atoms with Gasteiger partial charge in [0.25, 0.3) is 0 Å². The number of carbonyl (C=O) groups is 1. The lowest BCUT2D eigenvalue weighted by Gasteiger charge is -2.16. The maximum atomic E-state index is 12.3. The summed E-state index contributed by atoms with van der Waals surface area (Å²) in [7, 11) is -1.87. The minimum atomic E-state index is -3.59. The molecule has 1 heterocycles. The van der Waals surface area contributed by atoms with E-state index in [1.165, 1.54) is 0 Å². The second-order valence-corrected chi connectivity index (χ2v) is 8.52. The first kappa shape index (κ1) is 18.6. The highest BCUT2D eigenvalue weighted by Crippen LogP contribution is 2.15. The zero-order valence-electron chi connectivity index (χ0n) is 14.1. The smallest absolute Gasteiger partial charge is 0.240 e. The summed E-state index contributed by atoms with van der Waals surface area (Å²) in [5.41, 5.74) is 1.96. The minimum absolute atomic E-state index is 0.0862. The number of aryl methyl sites for hydroxylation is 2. The summed E-state index contributed by atoms with van der Waals surface area (Å²) >= 11 is 1.59. The molecule has 0 unspecified atom stereocenters. The normalized spacial score (nSPS) is 11.5. The molecule has 1 N–H and O–H groups in total. The van der Waals surface area contributed by atoms with Crippen molar-refractivity contribution in [1.29, 1.82) is 0 Å². The molecule has 0 radical (unpaired) electrons. The van der Waals surface area contributed by atoms with Crippen LogP contribution in [0.5, 0.6) is 0 Å². The number of hydrogen-bond acceptors (Lipinski definition) is 4. The van der Waals surface area contributed by atoms with E-state index in [9.17, 15) is 13.2 Å². The Labute approximate surface area is 147 Å². The number of benzene rings is 1. The Hall–Kier alpha value is -1.70. The Bertz CT molecular complexity index is 799. The van der Waals surface area contributed by atoms with Crippen LogP contribution in [-0.2, 0) is 21.4 Å². The second kappa shape index (κ2) is 7.92. The fourth-order valence-corrected chi connectivity index (χ4v) is 4.05. The molecule has 1 aromatic carbocycles. The van der Waals surface area contributed by atoms with E-state index >= 15 is 0 Å². The van der Waals surface area contributed by atoms with Crippen LogP contribution in [0.4, 0.5) is 0 Å². The first-order valence-corrected chi connectivity index (χ1v) is 9.99. The molecule has 130 valence electrons. The van der Waals surface area contributed by atoms with Gasteiger partial charge in [-0.2, -0.15) is 0 Å². The van der Waals surface area contributed by atoms with Crippen molar-refractivity contribution in [3.05, 3.63) is 51.7 Å². The number of sulfonamides is 1. The van der Waals surface area contributed by atoms with Gasteiger partial charge < -0.3 is 4.90 Å². The Balaban J connectivity index is 1.88. The summed E-state index contributed by atoms with van der Waals surface area (Å²) in [6, 6.07) is 8.91. The summed E-state index contributed by atoms with van der Waals surface area (Å²) in [5.74, 6) is -0.0915. The largest absolute Gasteiger partial charge is 0.341 e. The van der Waals surface area contributed by atoms with Crippen LogP contribution < -0.4 is 4.72 Å². The Morgan fingerprint density at radius 3 is 2.58 bits per heavy atom. The second-order valence-electron chi connectivity index (χ2n) is 5.72. The van der Waals surface area contributed by atoms with Gasteiger partial charge in [0, 0.05) is 24.9 Å². The van der Waals surface area contributed by atoms with Crippen molar-refractivity contribution in [3.8, 4) is 0 Å². The molecule has 1 amide bonds. The van der Waals surface area contributed by atoms with Gasteiger partial charge in [-0.25, -0.2) is 13.1 Å². The topological polar surface area (TPSA) is 66.5 Å². The SMILES string of the molecule is Cc1ccc(S(=O)(=O)NCCC(=O)N(C)Cc2cccs2)cc1C. The maximum absolute atomic E-state index is 12.3. The minimum Gasteiger partial charge on any atom is -0.341 e. The van der Waals surface area contributed by atoms with Gasteiger partial charge in [-0.15, -0.1) is 11.3 Å². The Morgan fingerprint density at radius 2 is 1.96 bits per heavy atom. The lowest BCUT2D eigenvalue weighted by Crippen LogP contribution is -2.31. The number of amides is 1. The van der Waals surface area contributed by atoms with Gasteiger partial charge in [-0.3, -0.25) is 4.79 Å². The molecule has 0 saturated heterocycles. The first-order chi connectivity index (χ1) is 11.3. The zero-order valence-corrected chi connectivity index (χ0v) is 15.7. The summed E-state index contributed by atoms with van der Waals surface area (Å²) in [6.07, 6.45) is 0.131. The highest BCUT2D eigenvalue weighted by atomic mass is 32.2. The molecule has 0 aliphatic heterocycles. The fourth-order valence-electron chi connectivity index (χ4n) is 2.17. The average Bonchev–Trinajstić information content (AvgIpc) is 3.02. The zero-order chi connectivity index (χ0) is 17.7. The van der Waals surface area contributed by atoms with E-state index in [0.29, 0.717) is 6.54 Å². The number of carbonyl (C=O) groups excluding carboxylic acids is 1. The van der Waals surface area contributed by atoms with E-state index in [2.05, 4.69) is 4.72 Å². The number of hydrogen-bond donors (Lipinski definition) is 1. The van der Waals surface area contributed by atoms with Gasteiger partial charge in [-0.1, -0.05) is 12.1 Å². The molecule has 5 nitrogen and oxygen atoms in total. The van der Waals surface area contributed by atoms with Crippen molar-refractivity contribution in [1.82, 2.24) is 9.62 Å². The summed E-state index contributed by atoms with van der Waals surface area (Å²) in [5, 5.41) is 1.96. The van der Waals surface area contributed by atoms with E-state index < -0.39 is 10.0 Å². The van der Waals surface area contributed by atoms with Crippen molar-refractivity contribution in [2.45, 2.75) is 31.7 Å². The molecule has 0 saturated carbocycles. The molecule has 0 spiro atoms. The standard InChI is InChI=1S/C17H22N2O3S2/c1-13-6-7-16(11-14(13)2)24(21,22)18-9-8-17(20)19(3)12-15-5-4-10-23-15/h4-7,10-11,18H,8-9,12H2,1-3H3. The van der Waals surface area contributed by atoms with Crippen LogP contribution in [0.1, 0.15) is 22.4 Å². The molecule has 0 aliphatic carbocycles. The number of nitrogens with one attached hydrogen (secondary N) is 1. The van der Waals surface area contributed by atoms with Gasteiger partial charge in [0.15, 0.2) is 0 Å². The van der Waals surface area contributed by atoms with E-state index in [1.54, 1.807) is 41.5 Å². The van der Waals surface area contributed by atoms with E-state index in [0.717, 1.165) is 16.0 Å². The van der Waals surface area contributed by atoms with Crippen LogP contribution in [0.2, 0.25) is 0 Å². The third-order valence-electron chi connectivity index (χ3n) is 3.82. The highest BCUT2D eigenvalue weighted by Gasteiger charge is 2.16. The van der Waals surface area contributed by atoms with Crippen molar-refractivity contribution < 1.29 is 13.2 Å². The highest BCUT2D eigenvalue weighted by molar-refractivity contribution is 7.89. The van der Waals surface area contributed by atoms with E-state index in [-0.39, 0.29) is 23.8 Å². The third-order valence-corrected chi connectivity index (χ3v) is 6.14. The molecule has 0 bridgehead atoms. The Morgan fingerprint density at radius 1 is 1.21 bits per heavy atom. The number of nitrogens with zero attached hydrogens (tertiary/aromatic N) is 1. The van der Waals surface area contributed by atoms with Gasteiger partial charge in [-0.05, 0) is 48.6 Å². The summed E-state index contributed by atoms with van der Waals surface area (Å²) in [6.45, 7) is 4.43. The predicted molar refractivity (Wildman–Crippen MR) is 96.5 cm³/mol. The number of thiophene rings is 1. The molecule has 0 aliphatic rings.